The van der Waals surface area contributed by atoms with Crippen molar-refractivity contribution in [3.63, 3.8) is 0 Å². The van der Waals surface area contributed by atoms with E-state index in [1.165, 1.54) is 46.9 Å². The summed E-state index contributed by atoms with van der Waals surface area (Å²) in [7, 11) is 0. The lowest BCUT2D eigenvalue weighted by molar-refractivity contribution is 0.399. The molecule has 0 saturated carbocycles. The van der Waals surface area contributed by atoms with Crippen LogP contribution < -0.4 is 5.32 Å². The van der Waals surface area contributed by atoms with Crippen molar-refractivity contribution >= 4 is 28.7 Å². The Hall–Kier alpha value is -0.350. The Morgan fingerprint density at radius 3 is 2.76 bits per heavy atom. The first-order valence-corrected chi connectivity index (χ1v) is 7.48. The molecule has 2 rings (SSSR count). The molecular formula is C15H20IN. The minimum Gasteiger partial charge on any atom is -0.314 e. The van der Waals surface area contributed by atoms with Gasteiger partial charge < -0.3 is 5.32 Å². The average Bonchev–Trinajstić information content (AvgIpc) is 2.33. The summed E-state index contributed by atoms with van der Waals surface area (Å²) in [4.78, 5) is 0. The number of hydrogen-bond donors (Lipinski definition) is 1. The summed E-state index contributed by atoms with van der Waals surface area (Å²) in [6.45, 7) is 3.44. The minimum atomic E-state index is 0.698. The van der Waals surface area contributed by atoms with Gasteiger partial charge in [0, 0.05) is 9.61 Å². The molecule has 1 aliphatic rings. The molecule has 1 heterocycles. The van der Waals surface area contributed by atoms with Crippen LogP contribution in [0, 0.1) is 3.57 Å². The first-order valence-electron chi connectivity index (χ1n) is 6.40. The van der Waals surface area contributed by atoms with Crippen LogP contribution in [-0.4, -0.2) is 12.6 Å². The standard InChI is InChI=1S/C15H20IN/c1-12(11-15-4-2-3-9-17-15)10-13-5-7-14(16)8-6-13/h5-8,10,15,17H,2-4,9,11H2,1H3/b12-10-. The summed E-state index contributed by atoms with van der Waals surface area (Å²) in [6, 6.07) is 9.42. The molecule has 1 unspecified atom stereocenters. The molecular weight excluding hydrogens is 321 g/mol. The number of hydrogen-bond acceptors (Lipinski definition) is 1. The van der Waals surface area contributed by atoms with Crippen LogP contribution in [0.25, 0.3) is 6.08 Å². The third-order valence-corrected chi connectivity index (χ3v) is 3.98. The van der Waals surface area contributed by atoms with Crippen LogP contribution in [0.1, 0.15) is 38.2 Å². The van der Waals surface area contributed by atoms with Crippen molar-refractivity contribution in [1.29, 1.82) is 0 Å². The zero-order chi connectivity index (χ0) is 12.1. The molecule has 1 N–H and O–H groups in total. The van der Waals surface area contributed by atoms with Crippen molar-refractivity contribution in [3.05, 3.63) is 39.0 Å². The third-order valence-electron chi connectivity index (χ3n) is 3.26. The monoisotopic (exact) mass is 341 g/mol. The van der Waals surface area contributed by atoms with Crippen molar-refractivity contribution in [2.45, 2.75) is 38.6 Å². The predicted molar refractivity (Wildman–Crippen MR) is 83.1 cm³/mol. The van der Waals surface area contributed by atoms with Crippen LogP contribution in [0.4, 0.5) is 0 Å². The molecule has 0 amide bonds. The van der Waals surface area contributed by atoms with Gasteiger partial charge >= 0.3 is 0 Å². The van der Waals surface area contributed by atoms with Gasteiger partial charge in [0.2, 0.25) is 0 Å². The first kappa shape index (κ1) is 13.1. The van der Waals surface area contributed by atoms with E-state index >= 15 is 0 Å². The molecule has 0 aromatic heterocycles. The molecule has 0 radical (unpaired) electrons. The second-order valence-electron chi connectivity index (χ2n) is 4.89. The van der Waals surface area contributed by atoms with Gasteiger partial charge in [0.25, 0.3) is 0 Å². The summed E-state index contributed by atoms with van der Waals surface area (Å²) in [5, 5.41) is 3.60. The summed E-state index contributed by atoms with van der Waals surface area (Å²) in [5.74, 6) is 0. The number of nitrogens with one attached hydrogen (secondary N) is 1. The molecule has 92 valence electrons. The van der Waals surface area contributed by atoms with E-state index in [1.807, 2.05) is 0 Å². The Morgan fingerprint density at radius 1 is 1.35 bits per heavy atom. The van der Waals surface area contributed by atoms with E-state index < -0.39 is 0 Å². The fourth-order valence-electron chi connectivity index (χ4n) is 2.39. The molecule has 1 nitrogen and oxygen atoms in total. The van der Waals surface area contributed by atoms with Gasteiger partial charge in [-0.25, -0.2) is 0 Å². The van der Waals surface area contributed by atoms with Gasteiger partial charge in [0.15, 0.2) is 0 Å². The van der Waals surface area contributed by atoms with Crippen LogP contribution in [0.2, 0.25) is 0 Å². The summed E-state index contributed by atoms with van der Waals surface area (Å²) in [6.07, 6.45) is 7.56. The normalized spacial score (nSPS) is 21.5. The van der Waals surface area contributed by atoms with Crippen molar-refractivity contribution in [3.8, 4) is 0 Å². The van der Waals surface area contributed by atoms with E-state index in [9.17, 15) is 0 Å². The van der Waals surface area contributed by atoms with Crippen LogP contribution in [0.5, 0.6) is 0 Å². The molecule has 1 saturated heterocycles. The quantitative estimate of drug-likeness (QED) is 0.812. The minimum absolute atomic E-state index is 0.698. The SMILES string of the molecule is C/C(=C/c1ccc(I)cc1)CC1CCCCN1. The zero-order valence-corrected chi connectivity index (χ0v) is 12.5. The number of piperidine rings is 1. The van der Waals surface area contributed by atoms with Crippen LogP contribution in [0.15, 0.2) is 29.8 Å². The van der Waals surface area contributed by atoms with Crippen LogP contribution in [0.3, 0.4) is 0 Å². The van der Waals surface area contributed by atoms with Gasteiger partial charge in [-0.05, 0) is 73.0 Å². The maximum Gasteiger partial charge on any atom is 0.0130 e. The topological polar surface area (TPSA) is 12.0 Å². The Balaban J connectivity index is 1.93. The molecule has 17 heavy (non-hydrogen) atoms. The molecule has 1 aliphatic heterocycles. The number of halogens is 1. The lowest BCUT2D eigenvalue weighted by Crippen LogP contribution is -2.33. The van der Waals surface area contributed by atoms with Crippen molar-refractivity contribution in [2.75, 3.05) is 6.54 Å². The largest absolute Gasteiger partial charge is 0.314 e. The van der Waals surface area contributed by atoms with E-state index in [0.29, 0.717) is 6.04 Å². The molecule has 1 atom stereocenters. The second-order valence-corrected chi connectivity index (χ2v) is 6.14. The highest BCUT2D eigenvalue weighted by Gasteiger charge is 2.12. The van der Waals surface area contributed by atoms with Crippen molar-refractivity contribution < 1.29 is 0 Å². The molecule has 1 fully saturated rings. The fourth-order valence-corrected chi connectivity index (χ4v) is 2.75. The van der Waals surface area contributed by atoms with Gasteiger partial charge in [-0.3, -0.25) is 0 Å². The maximum absolute atomic E-state index is 3.60. The maximum atomic E-state index is 3.60. The molecule has 2 heteroatoms. The summed E-state index contributed by atoms with van der Waals surface area (Å²) < 4.78 is 1.30. The van der Waals surface area contributed by atoms with E-state index in [1.54, 1.807) is 0 Å². The van der Waals surface area contributed by atoms with Crippen LogP contribution in [-0.2, 0) is 0 Å². The molecule has 1 aromatic rings. The smallest absolute Gasteiger partial charge is 0.0130 e. The molecule has 0 spiro atoms. The van der Waals surface area contributed by atoms with E-state index in [4.69, 9.17) is 0 Å². The Morgan fingerprint density at radius 2 is 2.12 bits per heavy atom. The highest BCUT2D eigenvalue weighted by molar-refractivity contribution is 14.1. The van der Waals surface area contributed by atoms with Gasteiger partial charge in [0.1, 0.15) is 0 Å². The first-order chi connectivity index (χ1) is 8.24. The summed E-state index contributed by atoms with van der Waals surface area (Å²) in [5.41, 5.74) is 2.80. The average molecular weight is 341 g/mol. The van der Waals surface area contributed by atoms with E-state index in [0.717, 1.165) is 0 Å². The van der Waals surface area contributed by atoms with Crippen LogP contribution >= 0.6 is 22.6 Å². The Bertz CT molecular complexity index is 374. The number of benzene rings is 1. The van der Waals surface area contributed by atoms with Gasteiger partial charge in [-0.15, -0.1) is 0 Å². The molecule has 0 bridgehead atoms. The molecule has 1 aromatic carbocycles. The second kappa shape index (κ2) is 6.55. The number of rotatable bonds is 3. The predicted octanol–water partition coefficient (Wildman–Crippen LogP) is 4.23. The Kier molecular flexibility index (Phi) is 5.04. The highest BCUT2D eigenvalue weighted by atomic mass is 127. The Labute approximate surface area is 118 Å². The highest BCUT2D eigenvalue weighted by Crippen LogP contribution is 2.17. The lowest BCUT2D eigenvalue weighted by atomic mass is 9.97. The van der Waals surface area contributed by atoms with Gasteiger partial charge in [0.05, 0.1) is 0 Å². The fraction of sp³-hybridized carbons (Fsp3) is 0.467. The van der Waals surface area contributed by atoms with E-state index in [2.05, 4.69) is 65.2 Å². The zero-order valence-electron chi connectivity index (χ0n) is 10.4. The molecule has 0 aliphatic carbocycles. The lowest BCUT2D eigenvalue weighted by Gasteiger charge is -2.23. The van der Waals surface area contributed by atoms with Crippen molar-refractivity contribution in [1.82, 2.24) is 5.32 Å². The van der Waals surface area contributed by atoms with Crippen molar-refractivity contribution in [2.24, 2.45) is 0 Å². The summed E-state index contributed by atoms with van der Waals surface area (Å²) >= 11 is 2.34. The van der Waals surface area contributed by atoms with E-state index in [-0.39, 0.29) is 0 Å². The van der Waals surface area contributed by atoms with Gasteiger partial charge in [-0.2, -0.15) is 0 Å². The third kappa shape index (κ3) is 4.43. The van der Waals surface area contributed by atoms with Gasteiger partial charge in [-0.1, -0.05) is 30.2 Å².